The van der Waals surface area contributed by atoms with Gasteiger partial charge in [-0.3, -0.25) is 0 Å². The number of benzene rings is 1. The predicted octanol–water partition coefficient (Wildman–Crippen LogP) is 3.97. The highest BCUT2D eigenvalue weighted by Crippen LogP contribution is 2.23. The molecule has 0 fully saturated rings. The fourth-order valence-electron chi connectivity index (χ4n) is 1.52. The smallest absolute Gasteiger partial charge is 0.123 e. The van der Waals surface area contributed by atoms with E-state index in [4.69, 9.17) is 0 Å². The Morgan fingerprint density at radius 3 is 2.63 bits per heavy atom. The fraction of sp³-hybridized carbons (Fsp3) is 0. The molecular formula is C13H8FN3S2. The Balaban J connectivity index is 1.81. The summed E-state index contributed by atoms with van der Waals surface area (Å²) in [7, 11) is 0. The summed E-state index contributed by atoms with van der Waals surface area (Å²) in [5.74, 6) is -0.241. The molecule has 0 N–H and O–H groups in total. The summed E-state index contributed by atoms with van der Waals surface area (Å²) in [5, 5.41) is 8.62. The van der Waals surface area contributed by atoms with Gasteiger partial charge in [0.1, 0.15) is 10.8 Å². The van der Waals surface area contributed by atoms with Crippen LogP contribution in [0.1, 0.15) is 10.7 Å². The van der Waals surface area contributed by atoms with Crippen LogP contribution < -0.4 is 0 Å². The molecule has 3 rings (SSSR count). The van der Waals surface area contributed by atoms with Crippen molar-refractivity contribution in [3.8, 4) is 11.3 Å². The Labute approximate surface area is 117 Å². The Hall–Kier alpha value is -1.92. The van der Waals surface area contributed by atoms with Gasteiger partial charge in [0.2, 0.25) is 0 Å². The molecule has 3 nitrogen and oxygen atoms in total. The predicted molar refractivity (Wildman–Crippen MR) is 76.3 cm³/mol. The maximum Gasteiger partial charge on any atom is 0.123 e. The van der Waals surface area contributed by atoms with E-state index in [1.807, 2.05) is 22.9 Å². The molecule has 0 bridgehead atoms. The van der Waals surface area contributed by atoms with Crippen molar-refractivity contribution < 1.29 is 4.39 Å². The van der Waals surface area contributed by atoms with E-state index in [9.17, 15) is 4.39 Å². The number of nitrogens with zero attached hydrogens (tertiary/aromatic N) is 3. The van der Waals surface area contributed by atoms with Crippen molar-refractivity contribution in [2.24, 2.45) is 0 Å². The molecule has 0 amide bonds. The van der Waals surface area contributed by atoms with Gasteiger partial charge in [-0.15, -0.1) is 16.4 Å². The van der Waals surface area contributed by atoms with Crippen molar-refractivity contribution in [1.29, 1.82) is 0 Å². The summed E-state index contributed by atoms with van der Waals surface area (Å²) in [6.45, 7) is 0. The van der Waals surface area contributed by atoms with Crippen LogP contribution in [0.25, 0.3) is 23.4 Å². The van der Waals surface area contributed by atoms with Crippen molar-refractivity contribution >= 4 is 35.0 Å². The van der Waals surface area contributed by atoms with Crippen LogP contribution in [0.2, 0.25) is 0 Å². The molecule has 0 aliphatic carbocycles. The molecule has 19 heavy (non-hydrogen) atoms. The van der Waals surface area contributed by atoms with Crippen LogP contribution >= 0.6 is 22.9 Å². The Bertz CT molecular complexity index is 687. The SMILES string of the molecule is Fc1ccc(-c2csc(/C=C/c3csnn3)n2)cc1. The molecular weight excluding hydrogens is 281 g/mol. The lowest BCUT2D eigenvalue weighted by Gasteiger charge is -1.94. The molecule has 0 aliphatic heterocycles. The van der Waals surface area contributed by atoms with Crippen molar-refractivity contribution in [3.05, 3.63) is 51.5 Å². The average Bonchev–Trinajstić information content (AvgIpc) is 3.09. The molecule has 6 heteroatoms. The molecule has 2 aromatic heterocycles. The van der Waals surface area contributed by atoms with Crippen LogP contribution in [0, 0.1) is 5.82 Å². The van der Waals surface area contributed by atoms with E-state index in [1.165, 1.54) is 35.0 Å². The number of aromatic nitrogens is 3. The quantitative estimate of drug-likeness (QED) is 0.732. The maximum absolute atomic E-state index is 12.8. The lowest BCUT2D eigenvalue weighted by Crippen LogP contribution is -1.79. The summed E-state index contributed by atoms with van der Waals surface area (Å²) in [4.78, 5) is 4.47. The van der Waals surface area contributed by atoms with Crippen molar-refractivity contribution in [2.75, 3.05) is 0 Å². The zero-order valence-electron chi connectivity index (χ0n) is 9.65. The van der Waals surface area contributed by atoms with Gasteiger partial charge in [-0.1, -0.05) is 4.49 Å². The van der Waals surface area contributed by atoms with E-state index < -0.39 is 0 Å². The number of rotatable bonds is 3. The van der Waals surface area contributed by atoms with E-state index >= 15 is 0 Å². The molecule has 0 saturated heterocycles. The van der Waals surface area contributed by atoms with Crippen LogP contribution in [0.4, 0.5) is 4.39 Å². The van der Waals surface area contributed by atoms with Crippen LogP contribution in [-0.2, 0) is 0 Å². The lowest BCUT2D eigenvalue weighted by atomic mass is 10.2. The van der Waals surface area contributed by atoms with Crippen LogP contribution in [-0.4, -0.2) is 14.6 Å². The fourth-order valence-corrected chi connectivity index (χ4v) is 2.66. The van der Waals surface area contributed by atoms with Crippen molar-refractivity contribution in [1.82, 2.24) is 14.6 Å². The number of hydrogen-bond acceptors (Lipinski definition) is 5. The molecule has 3 aromatic rings. The van der Waals surface area contributed by atoms with Crippen LogP contribution in [0.3, 0.4) is 0 Å². The first-order valence-corrected chi connectivity index (χ1v) is 7.19. The molecule has 94 valence electrons. The van der Waals surface area contributed by atoms with E-state index in [1.54, 1.807) is 12.1 Å². The molecule has 0 atom stereocenters. The third kappa shape index (κ3) is 2.91. The van der Waals surface area contributed by atoms with Gasteiger partial charge in [-0.25, -0.2) is 9.37 Å². The molecule has 0 saturated carbocycles. The molecule has 0 radical (unpaired) electrons. The summed E-state index contributed by atoms with van der Waals surface area (Å²) >= 11 is 2.85. The minimum atomic E-state index is -0.241. The number of thiazole rings is 1. The second kappa shape index (κ2) is 5.38. The van der Waals surface area contributed by atoms with Gasteiger partial charge in [0.15, 0.2) is 0 Å². The first-order chi connectivity index (χ1) is 9.31. The van der Waals surface area contributed by atoms with E-state index in [0.29, 0.717) is 0 Å². The van der Waals surface area contributed by atoms with Crippen molar-refractivity contribution in [2.45, 2.75) is 0 Å². The third-order valence-electron chi connectivity index (χ3n) is 2.44. The third-order valence-corrected chi connectivity index (χ3v) is 3.77. The van der Waals surface area contributed by atoms with E-state index in [-0.39, 0.29) is 5.82 Å². The lowest BCUT2D eigenvalue weighted by molar-refractivity contribution is 0.628. The molecule has 1 aromatic carbocycles. The summed E-state index contributed by atoms with van der Waals surface area (Å²) < 4.78 is 16.6. The Kier molecular flexibility index (Phi) is 3.43. The Morgan fingerprint density at radius 1 is 1.05 bits per heavy atom. The molecule has 0 aliphatic rings. The van der Waals surface area contributed by atoms with Gasteiger partial charge >= 0.3 is 0 Å². The van der Waals surface area contributed by atoms with Gasteiger partial charge < -0.3 is 0 Å². The first kappa shape index (κ1) is 12.1. The summed E-state index contributed by atoms with van der Waals surface area (Å²) in [6.07, 6.45) is 3.77. The molecule has 2 heterocycles. The van der Waals surface area contributed by atoms with Gasteiger partial charge in [0.05, 0.1) is 11.4 Å². The summed E-state index contributed by atoms with van der Waals surface area (Å²) in [5.41, 5.74) is 2.58. The zero-order chi connectivity index (χ0) is 13.1. The highest BCUT2D eigenvalue weighted by molar-refractivity contribution is 7.10. The van der Waals surface area contributed by atoms with Crippen LogP contribution in [0.5, 0.6) is 0 Å². The average molecular weight is 289 g/mol. The largest absolute Gasteiger partial charge is 0.237 e. The standard InChI is InChI=1S/C13H8FN3S2/c14-10-3-1-9(2-4-10)12-8-18-13(15-12)6-5-11-7-19-17-16-11/h1-8H/b6-5+. The maximum atomic E-state index is 12.8. The normalized spacial score (nSPS) is 11.2. The van der Waals surface area contributed by atoms with E-state index in [0.717, 1.165) is 22.0 Å². The molecule has 0 spiro atoms. The van der Waals surface area contributed by atoms with Crippen LogP contribution in [0.15, 0.2) is 35.0 Å². The zero-order valence-corrected chi connectivity index (χ0v) is 11.3. The minimum absolute atomic E-state index is 0.241. The second-order valence-electron chi connectivity index (χ2n) is 3.74. The van der Waals surface area contributed by atoms with Gasteiger partial charge in [0.25, 0.3) is 0 Å². The van der Waals surface area contributed by atoms with Gasteiger partial charge in [-0.2, -0.15) is 0 Å². The Morgan fingerprint density at radius 2 is 1.89 bits per heavy atom. The van der Waals surface area contributed by atoms with Crippen molar-refractivity contribution in [3.63, 3.8) is 0 Å². The highest BCUT2D eigenvalue weighted by atomic mass is 32.1. The highest BCUT2D eigenvalue weighted by Gasteiger charge is 2.03. The first-order valence-electron chi connectivity index (χ1n) is 5.48. The topological polar surface area (TPSA) is 38.7 Å². The minimum Gasteiger partial charge on any atom is -0.237 e. The second-order valence-corrected chi connectivity index (χ2v) is 5.24. The monoisotopic (exact) mass is 289 g/mol. The van der Waals surface area contributed by atoms with Gasteiger partial charge in [0, 0.05) is 16.3 Å². The van der Waals surface area contributed by atoms with Gasteiger partial charge in [-0.05, 0) is 47.9 Å². The number of hydrogen-bond donors (Lipinski definition) is 0. The molecule has 0 unspecified atom stereocenters. The number of halogens is 1. The summed E-state index contributed by atoms with van der Waals surface area (Å²) in [6, 6.07) is 6.32. The van der Waals surface area contributed by atoms with E-state index in [2.05, 4.69) is 14.6 Å².